The van der Waals surface area contributed by atoms with E-state index in [4.69, 9.17) is 5.10 Å². The maximum atomic E-state index is 12.1. The number of rotatable bonds is 7. The fourth-order valence-corrected chi connectivity index (χ4v) is 5.00. The molecule has 1 aliphatic rings. The van der Waals surface area contributed by atoms with Gasteiger partial charge >= 0.3 is 0 Å². The molecular weight excluding hydrogens is 408 g/mol. The first-order valence-corrected chi connectivity index (χ1v) is 12.0. The second kappa shape index (κ2) is 9.92. The number of likely N-dealkylation sites (tertiary alicyclic amines) is 1. The van der Waals surface area contributed by atoms with Crippen LogP contribution in [0.25, 0.3) is 22.0 Å². The molecule has 1 aliphatic heterocycles. The summed E-state index contributed by atoms with van der Waals surface area (Å²) < 4.78 is 2.28. The van der Waals surface area contributed by atoms with Crippen molar-refractivity contribution < 1.29 is 4.79 Å². The van der Waals surface area contributed by atoms with Gasteiger partial charge in [-0.25, -0.2) is 0 Å². The van der Waals surface area contributed by atoms with Gasteiger partial charge in [-0.3, -0.25) is 9.48 Å². The van der Waals surface area contributed by atoms with Gasteiger partial charge in [0.05, 0.1) is 11.6 Å². The van der Waals surface area contributed by atoms with Crippen LogP contribution in [-0.4, -0.2) is 59.2 Å². The molecule has 2 heterocycles. The quantitative estimate of drug-likeness (QED) is 0.457. The zero-order valence-corrected chi connectivity index (χ0v) is 20.4. The number of benzene rings is 2. The minimum Gasteiger partial charge on any atom is -0.339 e. The zero-order chi connectivity index (χ0) is 23.5. The lowest BCUT2D eigenvalue weighted by Crippen LogP contribution is -2.37. The van der Waals surface area contributed by atoms with Crippen LogP contribution < -0.4 is 0 Å². The van der Waals surface area contributed by atoms with E-state index in [0.717, 1.165) is 44.4 Å². The van der Waals surface area contributed by atoms with Crippen molar-refractivity contribution in [3.05, 3.63) is 66.4 Å². The van der Waals surface area contributed by atoms with Crippen molar-refractivity contribution in [2.75, 3.05) is 33.7 Å². The molecular formula is C28H36N4O. The second-order valence-electron chi connectivity index (χ2n) is 9.62. The smallest absolute Gasteiger partial charge is 0.245 e. The van der Waals surface area contributed by atoms with Crippen LogP contribution >= 0.6 is 0 Å². The van der Waals surface area contributed by atoms with Crippen LogP contribution in [0.3, 0.4) is 0 Å². The first-order chi connectivity index (χ1) is 15.9. The van der Waals surface area contributed by atoms with Gasteiger partial charge in [0, 0.05) is 30.1 Å². The Bertz CT molecular complexity index is 1140. The van der Waals surface area contributed by atoms with Gasteiger partial charge in [-0.15, -0.1) is 0 Å². The Morgan fingerprint density at radius 2 is 1.94 bits per heavy atom. The highest BCUT2D eigenvalue weighted by Crippen LogP contribution is 2.37. The predicted molar refractivity (Wildman–Crippen MR) is 137 cm³/mol. The summed E-state index contributed by atoms with van der Waals surface area (Å²) in [4.78, 5) is 16.2. The third-order valence-corrected chi connectivity index (χ3v) is 6.97. The van der Waals surface area contributed by atoms with Crippen molar-refractivity contribution in [2.24, 2.45) is 0 Å². The van der Waals surface area contributed by atoms with Crippen molar-refractivity contribution in [2.45, 2.75) is 45.1 Å². The molecule has 1 aromatic heterocycles. The lowest BCUT2D eigenvalue weighted by Gasteiger charge is -2.32. The summed E-state index contributed by atoms with van der Waals surface area (Å²) in [5.41, 5.74) is 6.14. The molecule has 3 aromatic rings. The van der Waals surface area contributed by atoms with Gasteiger partial charge in [0.15, 0.2) is 0 Å². The fourth-order valence-electron chi connectivity index (χ4n) is 5.00. The van der Waals surface area contributed by atoms with E-state index in [2.05, 4.69) is 86.6 Å². The maximum absolute atomic E-state index is 12.1. The monoisotopic (exact) mass is 444 g/mol. The van der Waals surface area contributed by atoms with E-state index in [1.54, 1.807) is 0 Å². The Morgan fingerprint density at radius 1 is 1.21 bits per heavy atom. The highest BCUT2D eigenvalue weighted by atomic mass is 16.2. The van der Waals surface area contributed by atoms with Crippen molar-refractivity contribution in [1.29, 1.82) is 0 Å². The predicted octanol–water partition coefficient (Wildman–Crippen LogP) is 5.42. The molecule has 0 saturated carbocycles. The standard InChI is InChI=1S/C28H36N4O/c1-6-27(33)31-17-14-22(15-18-31)28-25-12-11-23(24-10-8-7-9-20(24)2)19-26(25)29-32(28)21(3)13-16-30(4)5/h6-12,19,21-22H,1,13-18H2,2-5H3. The molecule has 4 rings (SSSR count). The molecule has 5 heteroatoms. The number of aromatic nitrogens is 2. The molecule has 1 amide bonds. The van der Waals surface area contributed by atoms with Crippen molar-refractivity contribution in [3.8, 4) is 11.1 Å². The summed E-state index contributed by atoms with van der Waals surface area (Å²) in [7, 11) is 4.24. The molecule has 1 fully saturated rings. The molecule has 0 spiro atoms. The molecule has 0 N–H and O–H groups in total. The van der Waals surface area contributed by atoms with Crippen LogP contribution in [0.5, 0.6) is 0 Å². The van der Waals surface area contributed by atoms with E-state index in [1.165, 1.54) is 33.8 Å². The van der Waals surface area contributed by atoms with Gasteiger partial charge in [-0.05, 0) is 82.6 Å². The van der Waals surface area contributed by atoms with E-state index in [-0.39, 0.29) is 5.91 Å². The average Bonchev–Trinajstić information content (AvgIpc) is 3.21. The minimum absolute atomic E-state index is 0.0361. The summed E-state index contributed by atoms with van der Waals surface area (Å²) in [6, 6.07) is 15.6. The molecule has 0 aliphatic carbocycles. The SMILES string of the molecule is C=CC(=O)N1CCC(c2c3ccc(-c4ccccc4C)cc3nn2C(C)CCN(C)C)CC1. The molecule has 2 aromatic carbocycles. The van der Waals surface area contributed by atoms with Crippen LogP contribution in [0.1, 0.15) is 49.4 Å². The van der Waals surface area contributed by atoms with E-state index < -0.39 is 0 Å². The summed E-state index contributed by atoms with van der Waals surface area (Å²) >= 11 is 0. The van der Waals surface area contributed by atoms with Gasteiger partial charge < -0.3 is 9.80 Å². The summed E-state index contributed by atoms with van der Waals surface area (Å²) in [6.07, 6.45) is 4.39. The number of hydrogen-bond acceptors (Lipinski definition) is 3. The Labute approximate surface area is 197 Å². The molecule has 174 valence electrons. The fraction of sp³-hybridized carbons (Fsp3) is 0.429. The van der Waals surface area contributed by atoms with E-state index >= 15 is 0 Å². The topological polar surface area (TPSA) is 41.4 Å². The van der Waals surface area contributed by atoms with E-state index in [1.807, 2.05) is 4.90 Å². The van der Waals surface area contributed by atoms with Gasteiger partial charge in [-0.2, -0.15) is 5.10 Å². The van der Waals surface area contributed by atoms with Crippen LogP contribution in [0.2, 0.25) is 0 Å². The highest BCUT2D eigenvalue weighted by molar-refractivity contribution is 5.88. The Morgan fingerprint density at radius 3 is 2.61 bits per heavy atom. The Balaban J connectivity index is 1.72. The van der Waals surface area contributed by atoms with E-state index in [0.29, 0.717) is 12.0 Å². The Kier molecular flexibility index (Phi) is 6.99. The van der Waals surface area contributed by atoms with Gasteiger partial charge in [0.1, 0.15) is 0 Å². The molecule has 1 saturated heterocycles. The van der Waals surface area contributed by atoms with Crippen molar-refractivity contribution in [3.63, 3.8) is 0 Å². The van der Waals surface area contributed by atoms with Crippen molar-refractivity contribution >= 4 is 16.8 Å². The normalized spacial score (nSPS) is 15.8. The third kappa shape index (κ3) is 4.88. The lowest BCUT2D eigenvalue weighted by molar-refractivity contribution is -0.127. The molecule has 0 radical (unpaired) electrons. The van der Waals surface area contributed by atoms with Gasteiger partial charge in [0.2, 0.25) is 5.91 Å². The van der Waals surface area contributed by atoms with Crippen LogP contribution in [-0.2, 0) is 4.79 Å². The minimum atomic E-state index is 0.0361. The number of aryl methyl sites for hydroxylation is 1. The number of hydrogen-bond donors (Lipinski definition) is 0. The van der Waals surface area contributed by atoms with Crippen molar-refractivity contribution in [1.82, 2.24) is 19.6 Å². The molecule has 1 unspecified atom stereocenters. The lowest BCUT2D eigenvalue weighted by atomic mass is 9.90. The van der Waals surface area contributed by atoms with Gasteiger partial charge in [0.25, 0.3) is 0 Å². The number of fused-ring (bicyclic) bond motifs is 1. The number of piperidine rings is 1. The van der Waals surface area contributed by atoms with Gasteiger partial charge in [-0.1, -0.05) is 43.0 Å². The van der Waals surface area contributed by atoms with Crippen LogP contribution in [0.4, 0.5) is 0 Å². The average molecular weight is 445 g/mol. The highest BCUT2D eigenvalue weighted by Gasteiger charge is 2.28. The number of carbonyl (C=O) groups is 1. The number of nitrogens with zero attached hydrogens (tertiary/aromatic N) is 4. The largest absolute Gasteiger partial charge is 0.339 e. The third-order valence-electron chi connectivity index (χ3n) is 6.97. The second-order valence-corrected chi connectivity index (χ2v) is 9.62. The first-order valence-electron chi connectivity index (χ1n) is 12.0. The summed E-state index contributed by atoms with van der Waals surface area (Å²) in [5, 5.41) is 6.40. The molecule has 0 bridgehead atoms. The maximum Gasteiger partial charge on any atom is 0.245 e. The van der Waals surface area contributed by atoms with Crippen LogP contribution in [0.15, 0.2) is 55.1 Å². The molecule has 5 nitrogen and oxygen atoms in total. The van der Waals surface area contributed by atoms with E-state index in [9.17, 15) is 4.79 Å². The Hall–Kier alpha value is -2.92. The zero-order valence-electron chi connectivity index (χ0n) is 20.4. The first kappa shape index (κ1) is 23.2. The summed E-state index contributed by atoms with van der Waals surface area (Å²) in [5.74, 6) is 0.434. The molecule has 1 atom stereocenters. The summed E-state index contributed by atoms with van der Waals surface area (Å²) in [6.45, 7) is 10.7. The number of carbonyl (C=O) groups excluding carboxylic acids is 1. The molecule has 33 heavy (non-hydrogen) atoms. The number of amides is 1. The van der Waals surface area contributed by atoms with Crippen LogP contribution in [0, 0.1) is 6.92 Å².